The fourth-order valence-electron chi connectivity index (χ4n) is 3.40. The van der Waals surface area contributed by atoms with Crippen molar-refractivity contribution in [1.29, 1.82) is 0 Å². The van der Waals surface area contributed by atoms with Gasteiger partial charge in [-0.25, -0.2) is 9.97 Å². The lowest BCUT2D eigenvalue weighted by molar-refractivity contribution is -0.124. The molecule has 0 saturated carbocycles. The van der Waals surface area contributed by atoms with Crippen molar-refractivity contribution in [1.82, 2.24) is 20.0 Å². The molecule has 0 aromatic carbocycles. The zero-order chi connectivity index (χ0) is 18.0. The maximum Gasteiger partial charge on any atom is 0.259 e. The number of morpholine rings is 1. The molecule has 1 unspecified atom stereocenters. The molecule has 0 N–H and O–H groups in total. The SMILES string of the molecule is Cc1nocc1C(=O)N1CCOC2(COCCN(c3ncccn3)C2)C1. The minimum absolute atomic E-state index is 0.0989. The third-order valence-electron chi connectivity index (χ3n) is 4.70. The molecule has 2 saturated heterocycles. The lowest BCUT2D eigenvalue weighted by Crippen LogP contribution is -2.60. The van der Waals surface area contributed by atoms with E-state index in [4.69, 9.17) is 14.0 Å². The van der Waals surface area contributed by atoms with Gasteiger partial charge in [-0.15, -0.1) is 0 Å². The van der Waals surface area contributed by atoms with Gasteiger partial charge in [0, 0.05) is 25.5 Å². The number of aryl methyl sites for hydroxylation is 1. The molecule has 4 heterocycles. The molecule has 2 aromatic rings. The molecule has 4 rings (SSSR count). The molecule has 0 radical (unpaired) electrons. The van der Waals surface area contributed by atoms with E-state index in [2.05, 4.69) is 15.1 Å². The standard InChI is InChI=1S/C17H21N5O4/c1-13-14(9-26-20-13)15(23)21-6-8-25-17(10-21)11-22(5-7-24-12-17)16-18-3-2-4-19-16/h2-4,9H,5-8,10-12H2,1H3. The van der Waals surface area contributed by atoms with E-state index >= 15 is 0 Å². The number of anilines is 1. The van der Waals surface area contributed by atoms with E-state index in [0.29, 0.717) is 63.2 Å². The van der Waals surface area contributed by atoms with E-state index in [-0.39, 0.29) is 5.91 Å². The van der Waals surface area contributed by atoms with Crippen molar-refractivity contribution in [2.75, 3.05) is 50.9 Å². The van der Waals surface area contributed by atoms with Gasteiger partial charge in [0.25, 0.3) is 5.91 Å². The van der Waals surface area contributed by atoms with Gasteiger partial charge in [0.1, 0.15) is 17.4 Å². The van der Waals surface area contributed by atoms with Crippen molar-refractivity contribution in [2.24, 2.45) is 0 Å². The van der Waals surface area contributed by atoms with Crippen LogP contribution in [0.15, 0.2) is 29.2 Å². The van der Waals surface area contributed by atoms with Crippen LogP contribution in [0.2, 0.25) is 0 Å². The van der Waals surface area contributed by atoms with E-state index in [1.165, 1.54) is 6.26 Å². The summed E-state index contributed by atoms with van der Waals surface area (Å²) < 4.78 is 16.8. The van der Waals surface area contributed by atoms with Gasteiger partial charge in [-0.2, -0.15) is 0 Å². The van der Waals surface area contributed by atoms with Crippen molar-refractivity contribution < 1.29 is 18.8 Å². The third-order valence-corrected chi connectivity index (χ3v) is 4.70. The molecule has 0 aliphatic carbocycles. The Labute approximate surface area is 150 Å². The minimum Gasteiger partial charge on any atom is -0.376 e. The predicted molar refractivity (Wildman–Crippen MR) is 90.9 cm³/mol. The van der Waals surface area contributed by atoms with E-state index < -0.39 is 5.60 Å². The highest BCUT2D eigenvalue weighted by Gasteiger charge is 2.42. The molecule has 1 spiro atoms. The maximum absolute atomic E-state index is 12.8. The topological polar surface area (TPSA) is 93.8 Å². The number of rotatable bonds is 2. The summed E-state index contributed by atoms with van der Waals surface area (Å²) in [5, 5.41) is 3.80. The Bertz CT molecular complexity index is 768. The molecular weight excluding hydrogens is 338 g/mol. The van der Waals surface area contributed by atoms with E-state index in [1.54, 1.807) is 30.3 Å². The summed E-state index contributed by atoms with van der Waals surface area (Å²) in [6, 6.07) is 1.78. The van der Waals surface area contributed by atoms with Crippen molar-refractivity contribution in [3.63, 3.8) is 0 Å². The normalized spacial score (nSPS) is 23.9. The van der Waals surface area contributed by atoms with Crippen LogP contribution in [0.5, 0.6) is 0 Å². The van der Waals surface area contributed by atoms with Gasteiger partial charge < -0.3 is 23.8 Å². The number of amides is 1. The van der Waals surface area contributed by atoms with Gasteiger partial charge in [-0.3, -0.25) is 4.79 Å². The Morgan fingerprint density at radius 1 is 1.19 bits per heavy atom. The van der Waals surface area contributed by atoms with Crippen LogP contribution in [-0.2, 0) is 9.47 Å². The minimum atomic E-state index is -0.616. The highest BCUT2D eigenvalue weighted by atomic mass is 16.5. The molecule has 9 nitrogen and oxygen atoms in total. The first-order valence-electron chi connectivity index (χ1n) is 8.61. The Hall–Kier alpha value is -2.52. The van der Waals surface area contributed by atoms with Gasteiger partial charge in [0.15, 0.2) is 0 Å². The van der Waals surface area contributed by atoms with Crippen LogP contribution in [0, 0.1) is 6.92 Å². The molecule has 2 aliphatic rings. The van der Waals surface area contributed by atoms with Crippen LogP contribution in [0.3, 0.4) is 0 Å². The molecule has 26 heavy (non-hydrogen) atoms. The first-order valence-corrected chi connectivity index (χ1v) is 8.61. The second-order valence-corrected chi connectivity index (χ2v) is 6.59. The van der Waals surface area contributed by atoms with Crippen molar-refractivity contribution >= 4 is 11.9 Å². The molecule has 0 bridgehead atoms. The zero-order valence-corrected chi connectivity index (χ0v) is 14.6. The molecule has 2 aromatic heterocycles. The fraction of sp³-hybridized carbons (Fsp3) is 0.529. The average Bonchev–Trinajstić information content (AvgIpc) is 3.00. The Morgan fingerprint density at radius 2 is 2.04 bits per heavy atom. The third kappa shape index (κ3) is 3.27. The quantitative estimate of drug-likeness (QED) is 0.766. The number of carbonyl (C=O) groups excluding carboxylic acids is 1. The van der Waals surface area contributed by atoms with Crippen LogP contribution in [-0.4, -0.2) is 77.5 Å². The van der Waals surface area contributed by atoms with Crippen LogP contribution < -0.4 is 4.90 Å². The smallest absolute Gasteiger partial charge is 0.259 e. The molecule has 1 amide bonds. The second-order valence-electron chi connectivity index (χ2n) is 6.59. The highest BCUT2D eigenvalue weighted by Crippen LogP contribution is 2.25. The molecule has 138 valence electrons. The summed E-state index contributed by atoms with van der Waals surface area (Å²) in [6.45, 7) is 5.37. The van der Waals surface area contributed by atoms with E-state index in [1.807, 2.05) is 4.90 Å². The number of carbonyl (C=O) groups is 1. The van der Waals surface area contributed by atoms with Crippen molar-refractivity contribution in [3.8, 4) is 0 Å². The Kier molecular flexibility index (Phi) is 4.56. The first kappa shape index (κ1) is 16.9. The first-order chi connectivity index (χ1) is 12.7. The second kappa shape index (κ2) is 7.00. The number of hydrogen-bond acceptors (Lipinski definition) is 8. The molecule has 2 fully saturated rings. The molecular formula is C17H21N5O4. The Balaban J connectivity index is 1.54. The zero-order valence-electron chi connectivity index (χ0n) is 14.6. The van der Waals surface area contributed by atoms with Gasteiger partial charge in [-0.1, -0.05) is 5.16 Å². The number of hydrogen-bond donors (Lipinski definition) is 0. The average molecular weight is 359 g/mol. The Morgan fingerprint density at radius 3 is 2.81 bits per heavy atom. The monoisotopic (exact) mass is 359 g/mol. The summed E-state index contributed by atoms with van der Waals surface area (Å²) in [7, 11) is 0. The van der Waals surface area contributed by atoms with Crippen LogP contribution in [0.4, 0.5) is 5.95 Å². The fourth-order valence-corrected chi connectivity index (χ4v) is 3.40. The lowest BCUT2D eigenvalue weighted by Gasteiger charge is -2.43. The molecule has 2 aliphatic heterocycles. The summed E-state index contributed by atoms with van der Waals surface area (Å²) >= 11 is 0. The van der Waals surface area contributed by atoms with Crippen molar-refractivity contribution in [3.05, 3.63) is 36.0 Å². The molecule has 9 heteroatoms. The number of aromatic nitrogens is 3. The lowest BCUT2D eigenvalue weighted by atomic mass is 10.0. The molecule has 1 atom stereocenters. The van der Waals surface area contributed by atoms with E-state index in [9.17, 15) is 4.79 Å². The summed E-state index contributed by atoms with van der Waals surface area (Å²) in [6.07, 6.45) is 4.83. The van der Waals surface area contributed by atoms with Gasteiger partial charge in [0.05, 0.1) is 38.6 Å². The van der Waals surface area contributed by atoms with Crippen LogP contribution >= 0.6 is 0 Å². The summed E-state index contributed by atoms with van der Waals surface area (Å²) in [4.78, 5) is 25.3. The van der Waals surface area contributed by atoms with Gasteiger partial charge in [0.2, 0.25) is 5.95 Å². The number of ether oxygens (including phenoxy) is 2. The summed E-state index contributed by atoms with van der Waals surface area (Å²) in [5.74, 6) is 0.539. The highest BCUT2D eigenvalue weighted by molar-refractivity contribution is 5.95. The predicted octanol–water partition coefficient (Wildman–Crippen LogP) is 0.521. The van der Waals surface area contributed by atoms with E-state index in [0.717, 1.165) is 0 Å². The van der Waals surface area contributed by atoms with Crippen LogP contribution in [0.25, 0.3) is 0 Å². The van der Waals surface area contributed by atoms with Gasteiger partial charge in [-0.05, 0) is 13.0 Å². The maximum atomic E-state index is 12.8. The summed E-state index contributed by atoms with van der Waals surface area (Å²) in [5.41, 5.74) is 0.459. The number of nitrogens with zero attached hydrogens (tertiary/aromatic N) is 5. The largest absolute Gasteiger partial charge is 0.376 e. The van der Waals surface area contributed by atoms with Crippen molar-refractivity contribution in [2.45, 2.75) is 12.5 Å². The van der Waals surface area contributed by atoms with Crippen LogP contribution in [0.1, 0.15) is 16.1 Å². The van der Waals surface area contributed by atoms with Gasteiger partial charge >= 0.3 is 0 Å².